The molecule has 0 aliphatic carbocycles. The molecule has 0 saturated heterocycles. The van der Waals surface area contributed by atoms with E-state index in [4.69, 9.17) is 14.6 Å². The summed E-state index contributed by atoms with van der Waals surface area (Å²) in [6, 6.07) is 3.69. The van der Waals surface area contributed by atoms with Crippen molar-refractivity contribution in [3.05, 3.63) is 18.2 Å². The Balaban J connectivity index is 3.14. The van der Waals surface area contributed by atoms with E-state index in [2.05, 4.69) is 4.72 Å². The lowest BCUT2D eigenvalue weighted by atomic mass is 10.2. The Bertz CT molecular complexity index is 599. The molecular formula is C13H19NO6S. The van der Waals surface area contributed by atoms with Gasteiger partial charge in [0, 0.05) is 12.1 Å². The summed E-state index contributed by atoms with van der Waals surface area (Å²) in [5.74, 6) is -0.543. The minimum Gasteiger partial charge on any atom is -0.497 e. The van der Waals surface area contributed by atoms with Gasteiger partial charge in [-0.25, -0.2) is 13.1 Å². The van der Waals surface area contributed by atoms with Gasteiger partial charge in [0.15, 0.2) is 0 Å². The molecule has 0 saturated carbocycles. The zero-order valence-electron chi connectivity index (χ0n) is 12.1. The van der Waals surface area contributed by atoms with E-state index < -0.39 is 22.0 Å². The van der Waals surface area contributed by atoms with Gasteiger partial charge in [-0.2, -0.15) is 0 Å². The Hall–Kier alpha value is -1.80. The maximum absolute atomic E-state index is 12.4. The molecule has 7 nitrogen and oxygen atoms in total. The van der Waals surface area contributed by atoms with E-state index >= 15 is 0 Å². The van der Waals surface area contributed by atoms with Crippen molar-refractivity contribution < 1.29 is 27.8 Å². The summed E-state index contributed by atoms with van der Waals surface area (Å²) in [6.45, 7) is 1.71. The zero-order chi connectivity index (χ0) is 16.0. The van der Waals surface area contributed by atoms with Gasteiger partial charge in [-0.05, 0) is 18.6 Å². The van der Waals surface area contributed by atoms with Crippen LogP contribution in [0, 0.1) is 0 Å². The van der Waals surface area contributed by atoms with E-state index in [0.717, 1.165) is 0 Å². The standard InChI is InChI=1S/C13H19NO6S/c1-4-9(7-13(15)16)14-21(17,18)12-8-10(19-2)5-6-11(12)20-3/h5-6,8-9,14H,4,7H2,1-3H3,(H,15,16). The summed E-state index contributed by atoms with van der Waals surface area (Å²) < 4.78 is 37.2. The molecule has 0 fully saturated rings. The molecule has 1 unspecified atom stereocenters. The largest absolute Gasteiger partial charge is 0.497 e. The molecule has 0 heterocycles. The molecule has 21 heavy (non-hydrogen) atoms. The molecule has 1 atom stereocenters. The highest BCUT2D eigenvalue weighted by Crippen LogP contribution is 2.28. The number of carboxylic acid groups (broad SMARTS) is 1. The highest BCUT2D eigenvalue weighted by Gasteiger charge is 2.24. The van der Waals surface area contributed by atoms with Crippen molar-refractivity contribution in [3.63, 3.8) is 0 Å². The fraction of sp³-hybridized carbons (Fsp3) is 0.462. The van der Waals surface area contributed by atoms with E-state index in [9.17, 15) is 13.2 Å². The number of rotatable bonds is 8. The van der Waals surface area contributed by atoms with Crippen molar-refractivity contribution in [2.24, 2.45) is 0 Å². The summed E-state index contributed by atoms with van der Waals surface area (Å²) in [4.78, 5) is 10.6. The molecule has 1 rings (SSSR count). The molecule has 0 amide bonds. The Labute approximate surface area is 123 Å². The number of aliphatic carboxylic acids is 1. The second-order valence-corrected chi connectivity index (χ2v) is 6.02. The van der Waals surface area contributed by atoms with Gasteiger partial charge in [-0.1, -0.05) is 6.92 Å². The van der Waals surface area contributed by atoms with E-state index in [1.165, 1.54) is 26.4 Å². The summed E-state index contributed by atoms with van der Waals surface area (Å²) in [6.07, 6.45) is 0.0693. The lowest BCUT2D eigenvalue weighted by Gasteiger charge is -2.17. The topological polar surface area (TPSA) is 102 Å². The third kappa shape index (κ3) is 4.61. The van der Waals surface area contributed by atoms with E-state index in [0.29, 0.717) is 12.2 Å². The summed E-state index contributed by atoms with van der Waals surface area (Å²) in [7, 11) is -1.13. The minimum atomic E-state index is -3.91. The SMILES string of the molecule is CCC(CC(=O)O)NS(=O)(=O)c1cc(OC)ccc1OC. The predicted molar refractivity (Wildman–Crippen MR) is 76.2 cm³/mol. The van der Waals surface area contributed by atoms with E-state index in [-0.39, 0.29) is 17.1 Å². The van der Waals surface area contributed by atoms with Crippen molar-refractivity contribution in [2.45, 2.75) is 30.7 Å². The summed E-state index contributed by atoms with van der Waals surface area (Å²) in [5, 5.41) is 8.79. The van der Waals surface area contributed by atoms with Crippen LogP contribution >= 0.6 is 0 Å². The Morgan fingerprint density at radius 1 is 1.33 bits per heavy atom. The minimum absolute atomic E-state index is 0.0896. The highest BCUT2D eigenvalue weighted by molar-refractivity contribution is 7.89. The van der Waals surface area contributed by atoms with Crippen LogP contribution in [0.2, 0.25) is 0 Å². The quantitative estimate of drug-likeness (QED) is 0.748. The first-order valence-corrected chi connectivity index (χ1v) is 7.78. The van der Waals surface area contributed by atoms with E-state index in [1.54, 1.807) is 13.0 Å². The summed E-state index contributed by atoms with van der Waals surface area (Å²) in [5.41, 5.74) is 0. The van der Waals surface area contributed by atoms with Gasteiger partial charge in [0.25, 0.3) is 0 Å². The Kier molecular flexibility index (Phi) is 5.98. The highest BCUT2D eigenvalue weighted by atomic mass is 32.2. The number of hydrogen-bond acceptors (Lipinski definition) is 5. The van der Waals surface area contributed by atoms with Crippen molar-refractivity contribution in [1.82, 2.24) is 4.72 Å². The lowest BCUT2D eigenvalue weighted by Crippen LogP contribution is -2.36. The number of sulfonamides is 1. The molecular weight excluding hydrogens is 298 g/mol. The number of ether oxygens (including phenoxy) is 2. The van der Waals surface area contributed by atoms with Gasteiger partial charge >= 0.3 is 5.97 Å². The van der Waals surface area contributed by atoms with Crippen LogP contribution in [0.4, 0.5) is 0 Å². The number of nitrogens with one attached hydrogen (secondary N) is 1. The average molecular weight is 317 g/mol. The fourth-order valence-corrected chi connectivity index (χ4v) is 3.26. The molecule has 118 valence electrons. The van der Waals surface area contributed by atoms with E-state index in [1.807, 2.05) is 0 Å². The third-order valence-corrected chi connectivity index (χ3v) is 4.44. The molecule has 0 aliphatic heterocycles. The van der Waals surface area contributed by atoms with Crippen LogP contribution < -0.4 is 14.2 Å². The monoisotopic (exact) mass is 317 g/mol. The molecule has 1 aromatic carbocycles. The fourth-order valence-electron chi connectivity index (χ4n) is 1.76. The average Bonchev–Trinajstić information content (AvgIpc) is 2.45. The van der Waals surface area contributed by atoms with Gasteiger partial charge in [-0.15, -0.1) is 0 Å². The molecule has 0 radical (unpaired) electrons. The van der Waals surface area contributed by atoms with Gasteiger partial charge < -0.3 is 14.6 Å². The van der Waals surface area contributed by atoms with Crippen LogP contribution in [-0.4, -0.2) is 39.8 Å². The van der Waals surface area contributed by atoms with Gasteiger partial charge in [0.05, 0.1) is 20.6 Å². The molecule has 0 aliphatic rings. The second kappa shape index (κ2) is 7.28. The van der Waals surface area contributed by atoms with Gasteiger partial charge in [-0.3, -0.25) is 4.79 Å². The zero-order valence-corrected chi connectivity index (χ0v) is 12.9. The number of benzene rings is 1. The first-order valence-electron chi connectivity index (χ1n) is 6.30. The number of carbonyl (C=O) groups is 1. The van der Waals surface area contributed by atoms with Crippen LogP contribution in [0.3, 0.4) is 0 Å². The normalized spacial score (nSPS) is 12.7. The first-order chi connectivity index (χ1) is 9.83. The smallest absolute Gasteiger partial charge is 0.304 e. The lowest BCUT2D eigenvalue weighted by molar-refractivity contribution is -0.137. The Morgan fingerprint density at radius 3 is 2.48 bits per heavy atom. The van der Waals surface area contributed by atoms with Crippen LogP contribution in [0.5, 0.6) is 11.5 Å². The molecule has 0 aromatic heterocycles. The van der Waals surface area contributed by atoms with Crippen LogP contribution in [0.15, 0.2) is 23.1 Å². The second-order valence-electron chi connectivity index (χ2n) is 4.34. The van der Waals surface area contributed by atoms with Crippen LogP contribution in [0.1, 0.15) is 19.8 Å². The van der Waals surface area contributed by atoms with Crippen LogP contribution in [-0.2, 0) is 14.8 Å². The van der Waals surface area contributed by atoms with Crippen molar-refractivity contribution in [3.8, 4) is 11.5 Å². The van der Waals surface area contributed by atoms with Crippen molar-refractivity contribution in [2.75, 3.05) is 14.2 Å². The van der Waals surface area contributed by atoms with Crippen molar-refractivity contribution >= 4 is 16.0 Å². The van der Waals surface area contributed by atoms with Crippen molar-refractivity contribution in [1.29, 1.82) is 0 Å². The molecule has 2 N–H and O–H groups in total. The Morgan fingerprint density at radius 2 is 2.00 bits per heavy atom. The number of carboxylic acids is 1. The molecule has 8 heteroatoms. The summed E-state index contributed by atoms with van der Waals surface area (Å²) >= 11 is 0. The van der Waals surface area contributed by atoms with Gasteiger partial charge in [0.2, 0.25) is 10.0 Å². The number of hydrogen-bond donors (Lipinski definition) is 2. The maximum atomic E-state index is 12.4. The number of methoxy groups -OCH3 is 2. The maximum Gasteiger partial charge on any atom is 0.304 e. The third-order valence-electron chi connectivity index (χ3n) is 2.90. The molecule has 0 spiro atoms. The van der Waals surface area contributed by atoms with Crippen LogP contribution in [0.25, 0.3) is 0 Å². The molecule has 0 bridgehead atoms. The first kappa shape index (κ1) is 17.3. The molecule has 1 aromatic rings. The van der Waals surface area contributed by atoms with Gasteiger partial charge in [0.1, 0.15) is 16.4 Å². The predicted octanol–water partition coefficient (Wildman–Crippen LogP) is 1.24.